The van der Waals surface area contributed by atoms with E-state index in [1.54, 1.807) is 18.0 Å². The van der Waals surface area contributed by atoms with Gasteiger partial charge < -0.3 is 9.32 Å². The Balaban J connectivity index is 1.52. The molecule has 1 aliphatic heterocycles. The normalized spacial score (nSPS) is 16.1. The summed E-state index contributed by atoms with van der Waals surface area (Å²) in [5.74, 6) is 1.76. The van der Waals surface area contributed by atoms with Crippen molar-refractivity contribution in [1.29, 1.82) is 0 Å². The van der Waals surface area contributed by atoms with Crippen LogP contribution in [0.2, 0.25) is 5.02 Å². The van der Waals surface area contributed by atoms with E-state index >= 15 is 0 Å². The summed E-state index contributed by atoms with van der Waals surface area (Å²) >= 11 is 7.68. The van der Waals surface area contributed by atoms with Crippen molar-refractivity contribution in [1.82, 2.24) is 4.90 Å². The Bertz CT molecular complexity index is 893. The third-order valence-corrected chi connectivity index (χ3v) is 6.05. The molecule has 1 atom stereocenters. The van der Waals surface area contributed by atoms with Gasteiger partial charge in [-0.2, -0.15) is 0 Å². The molecule has 2 aromatic carbocycles. The number of fused-ring (bicyclic) bond motifs is 1. The maximum absolute atomic E-state index is 12.9. The van der Waals surface area contributed by atoms with Crippen molar-refractivity contribution in [3.8, 4) is 0 Å². The fourth-order valence-corrected chi connectivity index (χ4v) is 4.57. The molecule has 0 saturated heterocycles. The average Bonchev–Trinajstić information content (AvgIpc) is 3.27. The van der Waals surface area contributed by atoms with Crippen LogP contribution in [0, 0.1) is 0 Å². The van der Waals surface area contributed by atoms with Gasteiger partial charge in [0, 0.05) is 17.1 Å². The maximum Gasteiger partial charge on any atom is 0.255 e. The second-order valence-electron chi connectivity index (χ2n) is 6.20. The summed E-state index contributed by atoms with van der Waals surface area (Å²) in [7, 11) is 0. The SMILES string of the molecule is O=C1c2ccccc2C(SCc2ccco2)N1CCc1ccc(Cl)cc1. The van der Waals surface area contributed by atoms with Crippen LogP contribution in [0.25, 0.3) is 0 Å². The molecule has 0 spiro atoms. The molecule has 0 saturated carbocycles. The third-order valence-electron chi connectivity index (χ3n) is 4.52. The van der Waals surface area contributed by atoms with Gasteiger partial charge in [0.25, 0.3) is 5.91 Å². The van der Waals surface area contributed by atoms with Gasteiger partial charge in [0.1, 0.15) is 11.1 Å². The molecule has 0 radical (unpaired) electrons. The number of thioether (sulfide) groups is 1. The number of rotatable bonds is 6. The highest BCUT2D eigenvalue weighted by molar-refractivity contribution is 7.98. The number of carbonyl (C=O) groups is 1. The predicted octanol–water partition coefficient (Wildman–Crippen LogP) is 5.56. The van der Waals surface area contributed by atoms with Gasteiger partial charge in [0.2, 0.25) is 0 Å². The zero-order valence-electron chi connectivity index (χ0n) is 14.1. The molecule has 1 aromatic heterocycles. The lowest BCUT2D eigenvalue weighted by Crippen LogP contribution is -2.29. The number of furan rings is 1. The second-order valence-corrected chi connectivity index (χ2v) is 7.71. The Morgan fingerprint density at radius 1 is 1.04 bits per heavy atom. The molecule has 26 heavy (non-hydrogen) atoms. The zero-order valence-corrected chi connectivity index (χ0v) is 15.7. The highest BCUT2D eigenvalue weighted by atomic mass is 35.5. The van der Waals surface area contributed by atoms with Crippen LogP contribution in [-0.4, -0.2) is 17.4 Å². The van der Waals surface area contributed by atoms with Crippen LogP contribution in [0.5, 0.6) is 0 Å². The molecule has 5 heteroatoms. The monoisotopic (exact) mass is 383 g/mol. The van der Waals surface area contributed by atoms with Gasteiger partial charge in [-0.3, -0.25) is 4.79 Å². The van der Waals surface area contributed by atoms with Crippen LogP contribution in [0.4, 0.5) is 0 Å². The molecule has 3 nitrogen and oxygen atoms in total. The van der Waals surface area contributed by atoms with Crippen LogP contribution in [0.1, 0.15) is 32.6 Å². The van der Waals surface area contributed by atoms with E-state index in [-0.39, 0.29) is 11.3 Å². The minimum absolute atomic E-state index is 0.0103. The molecule has 0 aliphatic carbocycles. The van der Waals surface area contributed by atoms with E-state index in [1.165, 1.54) is 5.56 Å². The summed E-state index contributed by atoms with van der Waals surface area (Å²) in [5.41, 5.74) is 3.07. The van der Waals surface area contributed by atoms with Crippen molar-refractivity contribution in [3.05, 3.63) is 94.4 Å². The number of nitrogens with zero attached hydrogens (tertiary/aromatic N) is 1. The van der Waals surface area contributed by atoms with Crippen molar-refractivity contribution in [2.45, 2.75) is 17.5 Å². The summed E-state index contributed by atoms with van der Waals surface area (Å²) < 4.78 is 5.45. The predicted molar refractivity (Wildman–Crippen MR) is 105 cm³/mol. The first-order valence-corrected chi connectivity index (χ1v) is 9.93. The molecule has 1 aliphatic rings. The molecular formula is C21H18ClNO2S. The minimum Gasteiger partial charge on any atom is -0.468 e. The van der Waals surface area contributed by atoms with Crippen LogP contribution in [-0.2, 0) is 12.2 Å². The Hall–Kier alpha value is -2.17. The topological polar surface area (TPSA) is 33.5 Å². The minimum atomic E-state index is 0.0103. The van der Waals surface area contributed by atoms with Gasteiger partial charge in [-0.05, 0) is 47.9 Å². The lowest BCUT2D eigenvalue weighted by molar-refractivity contribution is 0.0775. The highest BCUT2D eigenvalue weighted by Crippen LogP contribution is 2.42. The summed E-state index contributed by atoms with van der Waals surface area (Å²) in [6, 6.07) is 19.6. The molecule has 0 fully saturated rings. The first-order valence-electron chi connectivity index (χ1n) is 8.51. The fourth-order valence-electron chi connectivity index (χ4n) is 3.19. The van der Waals surface area contributed by atoms with E-state index in [9.17, 15) is 4.79 Å². The van der Waals surface area contributed by atoms with Crippen LogP contribution < -0.4 is 0 Å². The van der Waals surface area contributed by atoms with Gasteiger partial charge in [0.05, 0.1) is 12.0 Å². The highest BCUT2D eigenvalue weighted by Gasteiger charge is 2.36. The average molecular weight is 384 g/mol. The van der Waals surface area contributed by atoms with Crippen molar-refractivity contribution < 1.29 is 9.21 Å². The van der Waals surface area contributed by atoms with Gasteiger partial charge >= 0.3 is 0 Å². The quantitative estimate of drug-likeness (QED) is 0.558. The fraction of sp³-hybridized carbons (Fsp3) is 0.190. The largest absolute Gasteiger partial charge is 0.468 e. The van der Waals surface area contributed by atoms with E-state index in [1.807, 2.05) is 59.5 Å². The van der Waals surface area contributed by atoms with Crippen LogP contribution in [0.3, 0.4) is 0 Å². The van der Waals surface area contributed by atoms with Crippen molar-refractivity contribution in [2.75, 3.05) is 6.54 Å². The van der Waals surface area contributed by atoms with Gasteiger partial charge in [-0.1, -0.05) is 41.9 Å². The van der Waals surface area contributed by atoms with Crippen molar-refractivity contribution in [3.63, 3.8) is 0 Å². The molecule has 4 rings (SSSR count). The molecule has 0 N–H and O–H groups in total. The van der Waals surface area contributed by atoms with Gasteiger partial charge in [-0.15, -0.1) is 11.8 Å². The number of halogens is 1. The maximum atomic E-state index is 12.9. The van der Waals surface area contributed by atoms with E-state index in [0.717, 1.165) is 34.1 Å². The zero-order chi connectivity index (χ0) is 17.9. The Labute approximate surface area is 162 Å². The molecule has 3 aromatic rings. The van der Waals surface area contributed by atoms with E-state index in [0.29, 0.717) is 6.54 Å². The molecular weight excluding hydrogens is 366 g/mol. The molecule has 132 valence electrons. The van der Waals surface area contributed by atoms with E-state index in [2.05, 4.69) is 6.07 Å². The number of carbonyl (C=O) groups excluding carboxylic acids is 1. The first kappa shape index (κ1) is 17.3. The number of hydrogen-bond donors (Lipinski definition) is 0. The van der Waals surface area contributed by atoms with Gasteiger partial charge in [-0.25, -0.2) is 0 Å². The number of benzene rings is 2. The van der Waals surface area contributed by atoms with Crippen LogP contribution in [0.15, 0.2) is 71.3 Å². The summed E-state index contributed by atoms with van der Waals surface area (Å²) in [6.07, 6.45) is 2.48. The standard InChI is InChI=1S/C21H18ClNO2S/c22-16-9-7-15(8-10-16)11-12-23-20(24)18-5-1-2-6-19(18)21(23)26-14-17-4-3-13-25-17/h1-10,13,21H,11-12,14H2. The molecule has 0 bridgehead atoms. The lowest BCUT2D eigenvalue weighted by Gasteiger charge is -2.25. The lowest BCUT2D eigenvalue weighted by atomic mass is 10.1. The van der Waals surface area contributed by atoms with Crippen LogP contribution >= 0.6 is 23.4 Å². The molecule has 1 amide bonds. The van der Waals surface area contributed by atoms with Gasteiger partial charge in [0.15, 0.2) is 0 Å². The molecule has 2 heterocycles. The molecule has 1 unspecified atom stereocenters. The smallest absolute Gasteiger partial charge is 0.255 e. The summed E-state index contributed by atoms with van der Waals surface area (Å²) in [5, 5.41) is 0.737. The summed E-state index contributed by atoms with van der Waals surface area (Å²) in [6.45, 7) is 0.672. The summed E-state index contributed by atoms with van der Waals surface area (Å²) in [4.78, 5) is 14.9. The second kappa shape index (κ2) is 7.60. The Morgan fingerprint density at radius 2 is 1.85 bits per heavy atom. The van der Waals surface area contributed by atoms with Crippen molar-refractivity contribution >= 4 is 29.3 Å². The number of amides is 1. The number of hydrogen-bond acceptors (Lipinski definition) is 3. The van der Waals surface area contributed by atoms with Crippen molar-refractivity contribution in [2.24, 2.45) is 0 Å². The first-order chi connectivity index (χ1) is 12.7. The van der Waals surface area contributed by atoms with E-state index in [4.69, 9.17) is 16.0 Å². The van der Waals surface area contributed by atoms with E-state index < -0.39 is 0 Å². The Morgan fingerprint density at radius 3 is 2.62 bits per heavy atom. The third kappa shape index (κ3) is 3.53. The Kier molecular flexibility index (Phi) is 5.05.